The largest absolute Gasteiger partial charge is 0.330 e. The Kier molecular flexibility index (Phi) is 3.07. The lowest BCUT2D eigenvalue weighted by molar-refractivity contribution is 0.616. The molecule has 0 saturated heterocycles. The summed E-state index contributed by atoms with van der Waals surface area (Å²) in [4.78, 5) is 9.23. The first kappa shape index (κ1) is 11.4. The fourth-order valence-electron chi connectivity index (χ4n) is 2.64. The van der Waals surface area contributed by atoms with Gasteiger partial charge in [-0.05, 0) is 31.4 Å². The van der Waals surface area contributed by atoms with E-state index in [0.717, 1.165) is 30.8 Å². The molecule has 2 N–H and O–H groups in total. The lowest BCUT2D eigenvalue weighted by Crippen LogP contribution is -2.06. The minimum Gasteiger partial charge on any atom is -0.330 e. The first-order valence-electron chi connectivity index (χ1n) is 6.50. The molecule has 1 aromatic carbocycles. The Balaban J connectivity index is 1.98. The summed E-state index contributed by atoms with van der Waals surface area (Å²) in [5.74, 6) is 1.36. The number of benzene rings is 1. The van der Waals surface area contributed by atoms with Crippen LogP contribution in [-0.2, 0) is 6.42 Å². The highest BCUT2D eigenvalue weighted by atomic mass is 14.9. The molecule has 1 unspecified atom stereocenters. The Morgan fingerprint density at radius 3 is 2.83 bits per heavy atom. The molecule has 1 atom stereocenters. The first-order valence-corrected chi connectivity index (χ1v) is 6.50. The Morgan fingerprint density at radius 2 is 2.06 bits per heavy atom. The molecule has 92 valence electrons. The van der Waals surface area contributed by atoms with Gasteiger partial charge >= 0.3 is 0 Å². The molecule has 0 amide bonds. The van der Waals surface area contributed by atoms with E-state index in [4.69, 9.17) is 10.7 Å². The molecular formula is C15H17N3. The van der Waals surface area contributed by atoms with Gasteiger partial charge in [0.2, 0.25) is 0 Å². The molecule has 3 rings (SSSR count). The van der Waals surface area contributed by atoms with Crippen LogP contribution in [0.1, 0.15) is 30.0 Å². The predicted octanol–water partition coefficient (Wildman–Crippen LogP) is 2.52. The van der Waals surface area contributed by atoms with E-state index in [1.54, 1.807) is 0 Å². The van der Waals surface area contributed by atoms with E-state index < -0.39 is 0 Å². The number of fused-ring (bicyclic) bond motifs is 1. The molecule has 1 aliphatic rings. The van der Waals surface area contributed by atoms with Gasteiger partial charge < -0.3 is 5.73 Å². The average Bonchev–Trinajstić information content (AvgIpc) is 2.83. The van der Waals surface area contributed by atoms with Gasteiger partial charge in [0.25, 0.3) is 0 Å². The van der Waals surface area contributed by atoms with Crippen LogP contribution in [0, 0.1) is 0 Å². The number of aromatic nitrogens is 2. The van der Waals surface area contributed by atoms with Gasteiger partial charge in [-0.25, -0.2) is 9.97 Å². The van der Waals surface area contributed by atoms with Crippen molar-refractivity contribution >= 4 is 0 Å². The lowest BCUT2D eigenvalue weighted by atomic mass is 10.0. The van der Waals surface area contributed by atoms with E-state index in [1.165, 1.54) is 17.7 Å². The van der Waals surface area contributed by atoms with Crippen LogP contribution < -0.4 is 5.73 Å². The number of hydrogen-bond acceptors (Lipinski definition) is 3. The summed E-state index contributed by atoms with van der Waals surface area (Å²) in [6, 6.07) is 10.1. The maximum Gasteiger partial charge on any atom is 0.159 e. The average molecular weight is 239 g/mol. The zero-order valence-electron chi connectivity index (χ0n) is 10.3. The monoisotopic (exact) mass is 239 g/mol. The first-order chi connectivity index (χ1) is 8.88. The summed E-state index contributed by atoms with van der Waals surface area (Å²) < 4.78 is 0. The standard InChI is InChI=1S/C15H17N3/c16-9-8-11-6-7-13-10-17-15(18-14(11)13)12-4-2-1-3-5-12/h1-5,10-11H,6-9,16H2. The van der Waals surface area contributed by atoms with E-state index >= 15 is 0 Å². The maximum atomic E-state index is 5.67. The number of nitrogens with zero attached hydrogens (tertiary/aromatic N) is 2. The topological polar surface area (TPSA) is 51.8 Å². The van der Waals surface area contributed by atoms with Crippen LogP contribution in [0.15, 0.2) is 36.5 Å². The highest BCUT2D eigenvalue weighted by molar-refractivity contribution is 5.55. The van der Waals surface area contributed by atoms with Gasteiger partial charge in [0.05, 0.1) is 5.69 Å². The van der Waals surface area contributed by atoms with Gasteiger partial charge in [-0.2, -0.15) is 0 Å². The van der Waals surface area contributed by atoms with E-state index in [-0.39, 0.29) is 0 Å². The molecule has 0 spiro atoms. The summed E-state index contributed by atoms with van der Waals surface area (Å²) in [6.45, 7) is 0.731. The smallest absolute Gasteiger partial charge is 0.159 e. The van der Waals surface area contributed by atoms with Crippen LogP contribution in [0.4, 0.5) is 0 Å². The number of nitrogens with two attached hydrogens (primary N) is 1. The molecule has 1 aromatic heterocycles. The van der Waals surface area contributed by atoms with Gasteiger partial charge in [-0.1, -0.05) is 30.3 Å². The van der Waals surface area contributed by atoms with Crippen molar-refractivity contribution in [2.45, 2.75) is 25.2 Å². The molecule has 0 aliphatic heterocycles. The lowest BCUT2D eigenvalue weighted by Gasteiger charge is -2.09. The summed E-state index contributed by atoms with van der Waals surface area (Å²) in [5.41, 5.74) is 9.27. The van der Waals surface area contributed by atoms with Crippen molar-refractivity contribution < 1.29 is 0 Å². The molecule has 1 heterocycles. The van der Waals surface area contributed by atoms with E-state index in [1.807, 2.05) is 24.4 Å². The SMILES string of the molecule is NCCC1CCc2cnc(-c3ccccc3)nc21. The predicted molar refractivity (Wildman–Crippen MR) is 72.2 cm³/mol. The Hall–Kier alpha value is -1.74. The molecule has 18 heavy (non-hydrogen) atoms. The second-order valence-corrected chi connectivity index (χ2v) is 4.78. The van der Waals surface area contributed by atoms with Crippen LogP contribution in [0.2, 0.25) is 0 Å². The third kappa shape index (κ3) is 2.02. The van der Waals surface area contributed by atoms with Crippen molar-refractivity contribution in [3.63, 3.8) is 0 Å². The second kappa shape index (κ2) is 4.86. The van der Waals surface area contributed by atoms with Crippen LogP contribution in [0.5, 0.6) is 0 Å². The normalized spacial score (nSPS) is 17.7. The van der Waals surface area contributed by atoms with Crippen molar-refractivity contribution in [3.05, 3.63) is 47.8 Å². The third-order valence-corrected chi connectivity index (χ3v) is 3.59. The molecule has 0 bridgehead atoms. The maximum absolute atomic E-state index is 5.67. The fourth-order valence-corrected chi connectivity index (χ4v) is 2.64. The van der Waals surface area contributed by atoms with Gasteiger partial charge in [0, 0.05) is 17.7 Å². The molecule has 3 nitrogen and oxygen atoms in total. The van der Waals surface area contributed by atoms with Gasteiger partial charge in [-0.3, -0.25) is 0 Å². The highest BCUT2D eigenvalue weighted by Crippen LogP contribution is 2.34. The molecule has 0 fully saturated rings. The van der Waals surface area contributed by atoms with Crippen LogP contribution >= 0.6 is 0 Å². The van der Waals surface area contributed by atoms with Crippen molar-refractivity contribution in [1.82, 2.24) is 9.97 Å². The minimum atomic E-state index is 0.524. The van der Waals surface area contributed by atoms with Gasteiger partial charge in [0.15, 0.2) is 5.82 Å². The molecule has 3 heteroatoms. The molecular weight excluding hydrogens is 222 g/mol. The van der Waals surface area contributed by atoms with Crippen molar-refractivity contribution in [2.24, 2.45) is 5.73 Å². The van der Waals surface area contributed by atoms with E-state index in [2.05, 4.69) is 17.1 Å². The summed E-state index contributed by atoms with van der Waals surface area (Å²) in [7, 11) is 0. The second-order valence-electron chi connectivity index (χ2n) is 4.78. The van der Waals surface area contributed by atoms with Crippen LogP contribution in [0.3, 0.4) is 0 Å². The fraction of sp³-hybridized carbons (Fsp3) is 0.333. The van der Waals surface area contributed by atoms with Crippen molar-refractivity contribution in [3.8, 4) is 11.4 Å². The van der Waals surface area contributed by atoms with Crippen LogP contribution in [-0.4, -0.2) is 16.5 Å². The Morgan fingerprint density at radius 1 is 1.22 bits per heavy atom. The van der Waals surface area contributed by atoms with E-state index in [0.29, 0.717) is 5.92 Å². The van der Waals surface area contributed by atoms with Crippen LogP contribution in [0.25, 0.3) is 11.4 Å². The third-order valence-electron chi connectivity index (χ3n) is 3.59. The number of hydrogen-bond donors (Lipinski definition) is 1. The molecule has 0 radical (unpaired) electrons. The minimum absolute atomic E-state index is 0.524. The molecule has 0 saturated carbocycles. The Bertz CT molecular complexity index is 535. The van der Waals surface area contributed by atoms with E-state index in [9.17, 15) is 0 Å². The summed E-state index contributed by atoms with van der Waals surface area (Å²) >= 11 is 0. The number of aryl methyl sites for hydroxylation is 1. The molecule has 1 aliphatic carbocycles. The van der Waals surface area contributed by atoms with Crippen molar-refractivity contribution in [2.75, 3.05) is 6.54 Å². The highest BCUT2D eigenvalue weighted by Gasteiger charge is 2.24. The molecule has 2 aromatic rings. The van der Waals surface area contributed by atoms with Crippen molar-refractivity contribution in [1.29, 1.82) is 0 Å². The quantitative estimate of drug-likeness (QED) is 0.895. The zero-order valence-corrected chi connectivity index (χ0v) is 10.3. The number of rotatable bonds is 3. The van der Waals surface area contributed by atoms with Gasteiger partial charge in [-0.15, -0.1) is 0 Å². The summed E-state index contributed by atoms with van der Waals surface area (Å²) in [6.07, 6.45) is 5.27. The Labute approximate surface area is 107 Å². The summed E-state index contributed by atoms with van der Waals surface area (Å²) in [5, 5.41) is 0. The zero-order chi connectivity index (χ0) is 12.4. The van der Waals surface area contributed by atoms with Gasteiger partial charge in [0.1, 0.15) is 0 Å².